The Bertz CT molecular complexity index is 684. The molecule has 1 aliphatic heterocycles. The van der Waals surface area contributed by atoms with Crippen LogP contribution in [0.3, 0.4) is 0 Å². The molecule has 8 heteroatoms. The monoisotopic (exact) mass is 409 g/mol. The van der Waals surface area contributed by atoms with Crippen molar-refractivity contribution in [2.45, 2.75) is 30.6 Å². The summed E-state index contributed by atoms with van der Waals surface area (Å²) >= 11 is 0. The van der Waals surface area contributed by atoms with Crippen LogP contribution >= 0.6 is 12.4 Å². The molecule has 0 radical (unpaired) electrons. The lowest BCUT2D eigenvalue weighted by Crippen LogP contribution is -2.44. The topological polar surface area (TPSA) is 12.0 Å². The van der Waals surface area contributed by atoms with Crippen molar-refractivity contribution in [3.63, 3.8) is 0 Å². The van der Waals surface area contributed by atoms with E-state index in [1.807, 2.05) is 0 Å². The minimum atomic E-state index is -4.43. The Morgan fingerprint density at radius 3 is 1.41 bits per heavy atom. The van der Waals surface area contributed by atoms with Gasteiger partial charge in [-0.05, 0) is 54.8 Å². The third-order valence-electron chi connectivity index (χ3n) is 4.91. The standard InChI is InChI=1S/C19H17F6N.ClH/c20-18(21,22)15-6-2-13(3-7-15)17(10-1-11-26-12-17)14-4-8-16(9-5-14)19(23,24)25;/h2-9,26H,1,10-12H2;1H. The van der Waals surface area contributed by atoms with Crippen molar-refractivity contribution < 1.29 is 26.3 Å². The molecule has 2 aromatic carbocycles. The number of alkyl halides is 6. The van der Waals surface area contributed by atoms with Crippen LogP contribution in [-0.2, 0) is 17.8 Å². The highest BCUT2D eigenvalue weighted by atomic mass is 35.5. The second-order valence-electron chi connectivity index (χ2n) is 6.51. The molecule has 0 amide bonds. The van der Waals surface area contributed by atoms with Crippen molar-refractivity contribution in [3.8, 4) is 0 Å². The van der Waals surface area contributed by atoms with Gasteiger partial charge >= 0.3 is 12.4 Å². The molecule has 0 aliphatic carbocycles. The second kappa shape index (κ2) is 7.72. The first-order valence-electron chi connectivity index (χ1n) is 8.19. The van der Waals surface area contributed by atoms with Crippen LogP contribution in [0.2, 0.25) is 0 Å². The Labute approximate surface area is 159 Å². The number of nitrogens with one attached hydrogen (secondary N) is 1. The number of piperidine rings is 1. The highest BCUT2D eigenvalue weighted by Crippen LogP contribution is 2.40. The third-order valence-corrected chi connectivity index (χ3v) is 4.91. The summed E-state index contributed by atoms with van der Waals surface area (Å²) in [6.07, 6.45) is -7.42. The molecule has 1 aliphatic rings. The quantitative estimate of drug-likeness (QED) is 0.617. The van der Waals surface area contributed by atoms with Gasteiger partial charge in [-0.3, -0.25) is 0 Å². The summed E-state index contributed by atoms with van der Waals surface area (Å²) in [5.74, 6) is 0. The summed E-state index contributed by atoms with van der Waals surface area (Å²) in [4.78, 5) is 0. The second-order valence-corrected chi connectivity index (χ2v) is 6.51. The van der Waals surface area contributed by atoms with E-state index in [4.69, 9.17) is 0 Å². The van der Waals surface area contributed by atoms with Crippen LogP contribution in [-0.4, -0.2) is 13.1 Å². The number of halogens is 7. The zero-order valence-corrected chi connectivity index (χ0v) is 14.9. The summed E-state index contributed by atoms with van der Waals surface area (Å²) in [5.41, 5.74) is -0.804. The van der Waals surface area contributed by atoms with Gasteiger partial charge in [0.15, 0.2) is 0 Å². The molecule has 2 aromatic rings. The number of rotatable bonds is 2. The van der Waals surface area contributed by atoms with E-state index in [-0.39, 0.29) is 12.4 Å². The van der Waals surface area contributed by atoms with Crippen molar-refractivity contribution in [2.75, 3.05) is 13.1 Å². The van der Waals surface area contributed by atoms with Crippen molar-refractivity contribution in [2.24, 2.45) is 0 Å². The van der Waals surface area contributed by atoms with Gasteiger partial charge in [0.05, 0.1) is 11.1 Å². The largest absolute Gasteiger partial charge is 0.416 e. The minimum Gasteiger partial charge on any atom is -0.316 e. The lowest BCUT2D eigenvalue weighted by atomic mass is 9.69. The predicted octanol–water partition coefficient (Wildman–Crippen LogP) is 5.82. The fourth-order valence-electron chi connectivity index (χ4n) is 3.52. The van der Waals surface area contributed by atoms with Crippen molar-refractivity contribution in [1.82, 2.24) is 5.32 Å². The molecule has 3 rings (SSSR count). The molecule has 0 unspecified atom stereocenters. The fourth-order valence-corrected chi connectivity index (χ4v) is 3.52. The molecule has 148 valence electrons. The van der Waals surface area contributed by atoms with E-state index in [2.05, 4.69) is 5.32 Å². The molecule has 1 fully saturated rings. The number of hydrogen-bond acceptors (Lipinski definition) is 1. The van der Waals surface area contributed by atoms with Gasteiger partial charge in [-0.15, -0.1) is 12.4 Å². The van der Waals surface area contributed by atoms with E-state index >= 15 is 0 Å². The van der Waals surface area contributed by atoms with Crippen LogP contribution in [0, 0.1) is 0 Å². The van der Waals surface area contributed by atoms with Crippen LogP contribution in [0.1, 0.15) is 35.1 Å². The summed E-state index contributed by atoms with van der Waals surface area (Å²) in [5, 5.41) is 3.22. The highest BCUT2D eigenvalue weighted by Gasteiger charge is 2.38. The SMILES string of the molecule is Cl.FC(F)(F)c1ccc(C2(c3ccc(C(F)(F)F)cc3)CCCNC2)cc1. The molecule has 0 spiro atoms. The highest BCUT2D eigenvalue weighted by molar-refractivity contribution is 5.85. The molecule has 0 aromatic heterocycles. The van der Waals surface area contributed by atoms with Crippen LogP contribution in [0.4, 0.5) is 26.3 Å². The van der Waals surface area contributed by atoms with Crippen molar-refractivity contribution >= 4 is 12.4 Å². The Kier molecular flexibility index (Phi) is 6.16. The van der Waals surface area contributed by atoms with Gasteiger partial charge in [0.1, 0.15) is 0 Å². The maximum atomic E-state index is 12.8. The molecule has 1 nitrogen and oxygen atoms in total. The lowest BCUT2D eigenvalue weighted by Gasteiger charge is -2.39. The molecule has 1 saturated heterocycles. The summed E-state index contributed by atoms with van der Waals surface area (Å²) in [7, 11) is 0. The van der Waals surface area contributed by atoms with Gasteiger partial charge in [0, 0.05) is 12.0 Å². The third kappa shape index (κ3) is 4.41. The van der Waals surface area contributed by atoms with E-state index in [0.29, 0.717) is 24.1 Å². The van der Waals surface area contributed by atoms with E-state index in [9.17, 15) is 26.3 Å². The van der Waals surface area contributed by atoms with Crippen LogP contribution < -0.4 is 5.32 Å². The van der Waals surface area contributed by atoms with Gasteiger partial charge in [-0.1, -0.05) is 24.3 Å². The number of hydrogen-bond donors (Lipinski definition) is 1. The van der Waals surface area contributed by atoms with E-state index in [1.165, 1.54) is 24.3 Å². The average Bonchev–Trinajstić information content (AvgIpc) is 2.61. The first kappa shape index (κ1) is 21.6. The molecule has 0 saturated carbocycles. The van der Waals surface area contributed by atoms with Crippen LogP contribution in [0.15, 0.2) is 48.5 Å². The van der Waals surface area contributed by atoms with Crippen molar-refractivity contribution in [1.29, 1.82) is 0 Å². The van der Waals surface area contributed by atoms with Gasteiger partial charge in [0.25, 0.3) is 0 Å². The summed E-state index contributed by atoms with van der Waals surface area (Å²) < 4.78 is 76.9. The summed E-state index contributed by atoms with van der Waals surface area (Å²) in [6, 6.07) is 9.79. The zero-order valence-electron chi connectivity index (χ0n) is 14.1. The molecule has 0 atom stereocenters. The number of benzene rings is 2. The molecule has 1 N–H and O–H groups in total. The average molecular weight is 410 g/mol. The van der Waals surface area contributed by atoms with Gasteiger partial charge in [0.2, 0.25) is 0 Å². The van der Waals surface area contributed by atoms with E-state index in [0.717, 1.165) is 37.2 Å². The van der Waals surface area contributed by atoms with Crippen molar-refractivity contribution in [3.05, 3.63) is 70.8 Å². The molecule has 0 bridgehead atoms. The van der Waals surface area contributed by atoms with E-state index in [1.54, 1.807) is 0 Å². The Hall–Kier alpha value is -1.73. The van der Waals surface area contributed by atoms with Crippen LogP contribution in [0.25, 0.3) is 0 Å². The normalized spacial score (nSPS) is 17.3. The van der Waals surface area contributed by atoms with Gasteiger partial charge in [-0.25, -0.2) is 0 Å². The first-order valence-corrected chi connectivity index (χ1v) is 8.19. The molecule has 27 heavy (non-hydrogen) atoms. The maximum absolute atomic E-state index is 12.8. The smallest absolute Gasteiger partial charge is 0.316 e. The van der Waals surface area contributed by atoms with Gasteiger partial charge in [-0.2, -0.15) is 26.3 Å². The maximum Gasteiger partial charge on any atom is 0.416 e. The summed E-state index contributed by atoms with van der Waals surface area (Å²) in [6.45, 7) is 1.23. The van der Waals surface area contributed by atoms with Crippen LogP contribution in [0.5, 0.6) is 0 Å². The first-order chi connectivity index (χ1) is 12.1. The molecular formula is C19H18ClF6N. The molecular weight excluding hydrogens is 392 g/mol. The molecule has 1 heterocycles. The Morgan fingerprint density at radius 2 is 1.11 bits per heavy atom. The minimum absolute atomic E-state index is 0. The van der Waals surface area contributed by atoms with E-state index < -0.39 is 28.9 Å². The zero-order chi connectivity index (χ0) is 19.0. The predicted molar refractivity (Wildman–Crippen MR) is 93.0 cm³/mol. The Morgan fingerprint density at radius 1 is 0.704 bits per heavy atom. The Balaban J connectivity index is 0.00000261. The lowest BCUT2D eigenvalue weighted by molar-refractivity contribution is -0.138. The fraction of sp³-hybridized carbons (Fsp3) is 0.368. The van der Waals surface area contributed by atoms with Gasteiger partial charge < -0.3 is 5.32 Å².